The largest absolute Gasteiger partial charge is 0.330 e. The summed E-state index contributed by atoms with van der Waals surface area (Å²) in [5.74, 6) is -0.269. The minimum Gasteiger partial charge on any atom is -0.330 e. The van der Waals surface area contributed by atoms with Crippen molar-refractivity contribution in [2.75, 3.05) is 10.6 Å². The summed E-state index contributed by atoms with van der Waals surface area (Å²) in [6, 6.07) is 17.3. The van der Waals surface area contributed by atoms with E-state index < -0.39 is 5.25 Å². The predicted molar refractivity (Wildman–Crippen MR) is 134 cm³/mol. The first-order valence-electron chi connectivity index (χ1n) is 10.3. The lowest BCUT2D eigenvalue weighted by atomic mass is 10.2. The molecule has 0 saturated heterocycles. The lowest BCUT2D eigenvalue weighted by Gasteiger charge is -2.09. The molecule has 170 valence electrons. The van der Waals surface area contributed by atoms with Gasteiger partial charge in [-0.25, -0.2) is 4.68 Å². The predicted octanol–water partition coefficient (Wildman–Crippen LogP) is 4.51. The Bertz CT molecular complexity index is 1330. The van der Waals surface area contributed by atoms with Gasteiger partial charge in [0.25, 0.3) is 5.56 Å². The highest BCUT2D eigenvalue weighted by molar-refractivity contribution is 8.02. The summed E-state index contributed by atoms with van der Waals surface area (Å²) < 4.78 is 3.94. The number of benzene rings is 2. The molecule has 8 nitrogen and oxygen atoms in total. The standard InChI is InChI=1S/C23H24N6O2S2/c1-14-10-12-17(13-11-14)24-22-26-27-23(33-22)32-16(3)20(30)25-19-15(2)28(4)29(21(19)31)18-8-6-5-7-9-18/h5-13,16H,1-4H3,(H,24,26)(H,25,30)/t16-/m1/s1. The molecular weight excluding hydrogens is 456 g/mol. The maximum Gasteiger partial charge on any atom is 0.295 e. The summed E-state index contributed by atoms with van der Waals surface area (Å²) >= 11 is 2.67. The second kappa shape index (κ2) is 9.63. The number of carbonyl (C=O) groups is 1. The van der Waals surface area contributed by atoms with Gasteiger partial charge in [-0.3, -0.25) is 14.3 Å². The van der Waals surface area contributed by atoms with Crippen LogP contribution in [-0.4, -0.2) is 30.7 Å². The molecule has 1 atom stereocenters. The lowest BCUT2D eigenvalue weighted by molar-refractivity contribution is -0.115. The van der Waals surface area contributed by atoms with Crippen molar-refractivity contribution in [3.8, 4) is 5.69 Å². The van der Waals surface area contributed by atoms with Crippen molar-refractivity contribution in [1.82, 2.24) is 19.6 Å². The first kappa shape index (κ1) is 22.8. The molecule has 4 rings (SSSR count). The van der Waals surface area contributed by atoms with Gasteiger partial charge in [-0.1, -0.05) is 59.0 Å². The van der Waals surface area contributed by atoms with Crippen LogP contribution in [0, 0.1) is 13.8 Å². The molecule has 0 bridgehead atoms. The first-order chi connectivity index (χ1) is 15.8. The number of carbonyl (C=O) groups excluding carboxylic acids is 1. The summed E-state index contributed by atoms with van der Waals surface area (Å²) in [6.07, 6.45) is 0. The van der Waals surface area contributed by atoms with Gasteiger partial charge in [0.1, 0.15) is 5.69 Å². The van der Waals surface area contributed by atoms with E-state index in [2.05, 4.69) is 20.8 Å². The van der Waals surface area contributed by atoms with E-state index in [0.717, 1.165) is 11.4 Å². The number of rotatable bonds is 7. The highest BCUT2D eigenvalue weighted by Crippen LogP contribution is 2.31. The number of amides is 1. The van der Waals surface area contributed by atoms with Gasteiger partial charge in [0, 0.05) is 12.7 Å². The van der Waals surface area contributed by atoms with E-state index in [4.69, 9.17) is 0 Å². The highest BCUT2D eigenvalue weighted by Gasteiger charge is 2.22. The number of aryl methyl sites for hydroxylation is 1. The van der Waals surface area contributed by atoms with Crippen LogP contribution < -0.4 is 16.2 Å². The van der Waals surface area contributed by atoms with Crippen molar-refractivity contribution in [2.45, 2.75) is 30.4 Å². The molecule has 0 unspecified atom stereocenters. The average molecular weight is 481 g/mol. The Balaban J connectivity index is 1.44. The van der Waals surface area contributed by atoms with Gasteiger partial charge in [0.05, 0.1) is 16.6 Å². The molecule has 2 aromatic heterocycles. The molecule has 2 aromatic carbocycles. The Morgan fingerprint density at radius 3 is 2.45 bits per heavy atom. The molecular formula is C23H24N6O2S2. The Hall–Kier alpha value is -3.37. The Morgan fingerprint density at radius 1 is 1.06 bits per heavy atom. The lowest BCUT2D eigenvalue weighted by Crippen LogP contribution is -2.27. The molecule has 0 aliphatic carbocycles. The molecule has 0 fully saturated rings. The zero-order valence-electron chi connectivity index (χ0n) is 18.7. The SMILES string of the molecule is Cc1ccc(Nc2nnc(S[C@H](C)C(=O)Nc3c(C)n(C)n(-c4ccccc4)c3=O)s2)cc1. The van der Waals surface area contributed by atoms with Crippen molar-refractivity contribution in [3.63, 3.8) is 0 Å². The Morgan fingerprint density at radius 2 is 1.76 bits per heavy atom. The summed E-state index contributed by atoms with van der Waals surface area (Å²) in [4.78, 5) is 25.9. The van der Waals surface area contributed by atoms with Crippen LogP contribution in [0.25, 0.3) is 5.69 Å². The number of hydrogen-bond acceptors (Lipinski definition) is 7. The molecule has 2 heterocycles. The molecule has 0 aliphatic rings. The van der Waals surface area contributed by atoms with Crippen LogP contribution in [0.4, 0.5) is 16.5 Å². The third-order valence-corrected chi connectivity index (χ3v) is 7.18. The number of hydrogen-bond donors (Lipinski definition) is 2. The van der Waals surface area contributed by atoms with Crippen LogP contribution in [0.1, 0.15) is 18.2 Å². The minimum absolute atomic E-state index is 0.269. The van der Waals surface area contributed by atoms with Gasteiger partial charge in [-0.05, 0) is 45.0 Å². The van der Waals surface area contributed by atoms with Crippen LogP contribution in [0.5, 0.6) is 0 Å². The number of para-hydroxylation sites is 1. The number of nitrogens with one attached hydrogen (secondary N) is 2. The van der Waals surface area contributed by atoms with Crippen LogP contribution >= 0.6 is 23.1 Å². The third kappa shape index (κ3) is 5.01. The summed E-state index contributed by atoms with van der Waals surface area (Å²) in [7, 11) is 1.79. The number of nitrogens with zero attached hydrogens (tertiary/aromatic N) is 4. The number of thioether (sulfide) groups is 1. The number of anilines is 3. The monoisotopic (exact) mass is 480 g/mol. The van der Waals surface area contributed by atoms with Crippen molar-refractivity contribution in [3.05, 3.63) is 76.2 Å². The molecule has 0 spiro atoms. The van der Waals surface area contributed by atoms with Crippen molar-refractivity contribution >= 4 is 45.5 Å². The second-order valence-electron chi connectivity index (χ2n) is 7.55. The van der Waals surface area contributed by atoms with Crippen LogP contribution in [0.15, 0.2) is 63.7 Å². The molecule has 2 N–H and O–H groups in total. The minimum atomic E-state index is -0.464. The van der Waals surface area contributed by atoms with Crippen molar-refractivity contribution in [2.24, 2.45) is 7.05 Å². The van der Waals surface area contributed by atoms with E-state index in [9.17, 15) is 9.59 Å². The van der Waals surface area contributed by atoms with E-state index in [1.165, 1.54) is 33.3 Å². The molecule has 4 aromatic rings. The molecule has 10 heteroatoms. The van der Waals surface area contributed by atoms with Crippen LogP contribution in [-0.2, 0) is 11.8 Å². The topological polar surface area (TPSA) is 93.8 Å². The molecule has 0 aliphatic heterocycles. The summed E-state index contributed by atoms with van der Waals surface area (Å²) in [6.45, 7) is 5.62. The van der Waals surface area contributed by atoms with E-state index in [1.807, 2.05) is 68.4 Å². The Labute approximate surface area is 199 Å². The van der Waals surface area contributed by atoms with Gasteiger partial charge in [-0.15, -0.1) is 10.2 Å². The molecule has 0 saturated carbocycles. The zero-order chi connectivity index (χ0) is 23.5. The van der Waals surface area contributed by atoms with Crippen molar-refractivity contribution in [1.29, 1.82) is 0 Å². The fraction of sp³-hybridized carbons (Fsp3) is 0.217. The van der Waals surface area contributed by atoms with E-state index in [0.29, 0.717) is 15.2 Å². The normalized spacial score (nSPS) is 11.9. The number of aromatic nitrogens is 4. The fourth-order valence-corrected chi connectivity index (χ4v) is 5.13. The van der Waals surface area contributed by atoms with E-state index in [1.54, 1.807) is 18.7 Å². The van der Waals surface area contributed by atoms with Crippen LogP contribution in [0.2, 0.25) is 0 Å². The van der Waals surface area contributed by atoms with Gasteiger partial charge in [-0.2, -0.15) is 0 Å². The average Bonchev–Trinajstić information content (AvgIpc) is 3.33. The molecule has 33 heavy (non-hydrogen) atoms. The molecule has 1 amide bonds. The zero-order valence-corrected chi connectivity index (χ0v) is 20.3. The fourth-order valence-electron chi connectivity index (χ4n) is 3.21. The quantitative estimate of drug-likeness (QED) is 0.378. The molecule has 0 radical (unpaired) electrons. The highest BCUT2D eigenvalue weighted by atomic mass is 32.2. The van der Waals surface area contributed by atoms with Gasteiger partial charge in [0.15, 0.2) is 4.34 Å². The van der Waals surface area contributed by atoms with E-state index >= 15 is 0 Å². The summed E-state index contributed by atoms with van der Waals surface area (Å²) in [5, 5.41) is 14.5. The third-order valence-electron chi connectivity index (χ3n) is 5.16. The van der Waals surface area contributed by atoms with E-state index in [-0.39, 0.29) is 17.2 Å². The van der Waals surface area contributed by atoms with Gasteiger partial charge >= 0.3 is 0 Å². The van der Waals surface area contributed by atoms with Gasteiger partial charge < -0.3 is 10.6 Å². The maximum absolute atomic E-state index is 13.0. The first-order valence-corrected chi connectivity index (χ1v) is 12.0. The van der Waals surface area contributed by atoms with Crippen LogP contribution in [0.3, 0.4) is 0 Å². The van der Waals surface area contributed by atoms with Crippen molar-refractivity contribution < 1.29 is 4.79 Å². The summed E-state index contributed by atoms with van der Waals surface area (Å²) in [5.41, 5.74) is 3.52. The smallest absolute Gasteiger partial charge is 0.295 e. The second-order valence-corrected chi connectivity index (χ2v) is 10.1. The maximum atomic E-state index is 13.0. The Kier molecular flexibility index (Phi) is 6.66. The van der Waals surface area contributed by atoms with Gasteiger partial charge in [0.2, 0.25) is 11.0 Å².